The maximum atomic E-state index is 3.59. The summed E-state index contributed by atoms with van der Waals surface area (Å²) in [5, 5.41) is 3.59. The summed E-state index contributed by atoms with van der Waals surface area (Å²) in [4.78, 5) is 2.53. The Morgan fingerprint density at radius 2 is 2.21 bits per heavy atom. The number of aryl methyl sites for hydroxylation is 1. The molecule has 19 heavy (non-hydrogen) atoms. The Kier molecular flexibility index (Phi) is 5.28. The van der Waals surface area contributed by atoms with Gasteiger partial charge in [0, 0.05) is 23.2 Å². The third-order valence-corrected chi connectivity index (χ3v) is 4.28. The summed E-state index contributed by atoms with van der Waals surface area (Å²) in [5.74, 6) is 1.53. The summed E-state index contributed by atoms with van der Waals surface area (Å²) in [6.07, 6.45) is 1.30. The van der Waals surface area contributed by atoms with Crippen molar-refractivity contribution in [1.29, 1.82) is 0 Å². The molecular weight excluding hydrogens is 300 g/mol. The summed E-state index contributed by atoms with van der Waals surface area (Å²) in [6.45, 7) is 11.4. The van der Waals surface area contributed by atoms with Gasteiger partial charge in [-0.3, -0.25) is 0 Å². The molecule has 3 heteroatoms. The highest BCUT2D eigenvalue weighted by Crippen LogP contribution is 2.29. The van der Waals surface area contributed by atoms with Crippen LogP contribution in [0.5, 0.6) is 0 Å². The van der Waals surface area contributed by atoms with Crippen LogP contribution in [0.2, 0.25) is 0 Å². The molecule has 1 aliphatic rings. The lowest BCUT2D eigenvalue weighted by Gasteiger charge is -2.21. The molecule has 1 unspecified atom stereocenters. The summed E-state index contributed by atoms with van der Waals surface area (Å²) in [5.41, 5.74) is 2.76. The summed E-state index contributed by atoms with van der Waals surface area (Å²) < 4.78 is 1.18. The number of nitrogens with one attached hydrogen (secondary N) is 1. The zero-order valence-electron chi connectivity index (χ0n) is 12.2. The van der Waals surface area contributed by atoms with Gasteiger partial charge in [0.05, 0.1) is 0 Å². The van der Waals surface area contributed by atoms with Gasteiger partial charge in [0.25, 0.3) is 0 Å². The van der Waals surface area contributed by atoms with Crippen molar-refractivity contribution in [2.45, 2.75) is 27.2 Å². The molecule has 1 N–H and O–H groups in total. The SMILES string of the molecule is Cc1ccc(Br)cc1N1CCC(CNCC(C)C)C1. The predicted molar refractivity (Wildman–Crippen MR) is 86.9 cm³/mol. The first-order valence-corrected chi connectivity index (χ1v) is 8.07. The minimum atomic E-state index is 0.741. The van der Waals surface area contributed by atoms with Gasteiger partial charge in [-0.25, -0.2) is 0 Å². The summed E-state index contributed by atoms with van der Waals surface area (Å²) in [7, 11) is 0. The van der Waals surface area contributed by atoms with E-state index in [1.54, 1.807) is 0 Å². The molecular formula is C16H25BrN2. The van der Waals surface area contributed by atoms with E-state index < -0.39 is 0 Å². The average molecular weight is 325 g/mol. The van der Waals surface area contributed by atoms with Crippen molar-refractivity contribution in [2.24, 2.45) is 11.8 Å². The standard InChI is InChI=1S/C16H25BrN2/c1-12(2)9-18-10-14-6-7-19(11-14)16-8-15(17)5-4-13(16)3/h4-5,8,12,14,18H,6-7,9-11H2,1-3H3. The highest BCUT2D eigenvalue weighted by molar-refractivity contribution is 9.10. The normalized spacial score (nSPS) is 19.4. The van der Waals surface area contributed by atoms with E-state index in [4.69, 9.17) is 0 Å². The average Bonchev–Trinajstić information content (AvgIpc) is 2.80. The molecule has 1 fully saturated rings. The number of anilines is 1. The molecule has 0 amide bonds. The second kappa shape index (κ2) is 6.76. The maximum Gasteiger partial charge on any atom is 0.0407 e. The van der Waals surface area contributed by atoms with E-state index in [2.05, 4.69) is 65.1 Å². The van der Waals surface area contributed by atoms with Crippen molar-refractivity contribution >= 4 is 21.6 Å². The fourth-order valence-corrected chi connectivity index (χ4v) is 3.07. The molecule has 106 valence electrons. The van der Waals surface area contributed by atoms with E-state index in [9.17, 15) is 0 Å². The van der Waals surface area contributed by atoms with Crippen molar-refractivity contribution in [3.63, 3.8) is 0 Å². The molecule has 2 rings (SSSR count). The van der Waals surface area contributed by atoms with Crippen LogP contribution >= 0.6 is 15.9 Å². The van der Waals surface area contributed by atoms with Crippen LogP contribution in [0.1, 0.15) is 25.8 Å². The predicted octanol–water partition coefficient (Wildman–Crippen LogP) is 3.83. The van der Waals surface area contributed by atoms with Crippen LogP contribution in [0.3, 0.4) is 0 Å². The van der Waals surface area contributed by atoms with E-state index in [1.807, 2.05) is 0 Å². The molecule has 0 bridgehead atoms. The number of halogens is 1. The molecule has 1 atom stereocenters. The van der Waals surface area contributed by atoms with Crippen molar-refractivity contribution < 1.29 is 0 Å². The molecule has 1 aliphatic heterocycles. The molecule has 0 aromatic heterocycles. The lowest BCUT2D eigenvalue weighted by atomic mass is 10.1. The largest absolute Gasteiger partial charge is 0.371 e. The molecule has 0 aliphatic carbocycles. The molecule has 0 spiro atoms. The Morgan fingerprint density at radius 3 is 2.95 bits per heavy atom. The van der Waals surface area contributed by atoms with E-state index >= 15 is 0 Å². The summed E-state index contributed by atoms with van der Waals surface area (Å²) >= 11 is 3.58. The third-order valence-electron chi connectivity index (χ3n) is 3.78. The van der Waals surface area contributed by atoms with Crippen LogP contribution in [0.25, 0.3) is 0 Å². The Labute approximate surface area is 125 Å². The Balaban J connectivity index is 1.89. The van der Waals surface area contributed by atoms with E-state index in [1.165, 1.54) is 35.2 Å². The molecule has 0 radical (unpaired) electrons. The number of hydrogen-bond acceptors (Lipinski definition) is 2. The van der Waals surface area contributed by atoms with Gasteiger partial charge >= 0.3 is 0 Å². The van der Waals surface area contributed by atoms with Gasteiger partial charge in [-0.1, -0.05) is 35.8 Å². The first-order chi connectivity index (χ1) is 9.06. The second-order valence-corrected chi connectivity index (χ2v) is 7.00. The minimum Gasteiger partial charge on any atom is -0.371 e. The van der Waals surface area contributed by atoms with Crippen molar-refractivity contribution in [2.75, 3.05) is 31.1 Å². The van der Waals surface area contributed by atoms with Crippen LogP contribution in [-0.4, -0.2) is 26.2 Å². The number of benzene rings is 1. The Morgan fingerprint density at radius 1 is 1.42 bits per heavy atom. The first-order valence-electron chi connectivity index (χ1n) is 7.28. The molecule has 1 aromatic carbocycles. The van der Waals surface area contributed by atoms with Gasteiger partial charge in [0.1, 0.15) is 0 Å². The van der Waals surface area contributed by atoms with E-state index in [0.29, 0.717) is 0 Å². The quantitative estimate of drug-likeness (QED) is 0.885. The maximum absolute atomic E-state index is 3.59. The number of nitrogens with zero attached hydrogens (tertiary/aromatic N) is 1. The highest BCUT2D eigenvalue weighted by Gasteiger charge is 2.23. The van der Waals surface area contributed by atoms with Gasteiger partial charge < -0.3 is 10.2 Å². The molecule has 1 saturated heterocycles. The van der Waals surface area contributed by atoms with Gasteiger partial charge in [-0.05, 0) is 56.0 Å². The van der Waals surface area contributed by atoms with Crippen molar-refractivity contribution in [1.82, 2.24) is 5.32 Å². The Hall–Kier alpha value is -0.540. The third kappa shape index (κ3) is 4.22. The fourth-order valence-electron chi connectivity index (χ4n) is 2.72. The van der Waals surface area contributed by atoms with Gasteiger partial charge in [-0.2, -0.15) is 0 Å². The van der Waals surface area contributed by atoms with Crippen LogP contribution < -0.4 is 10.2 Å². The minimum absolute atomic E-state index is 0.741. The molecule has 0 saturated carbocycles. The van der Waals surface area contributed by atoms with E-state index in [-0.39, 0.29) is 0 Å². The monoisotopic (exact) mass is 324 g/mol. The smallest absolute Gasteiger partial charge is 0.0407 e. The Bertz CT molecular complexity index is 417. The summed E-state index contributed by atoms with van der Waals surface area (Å²) in [6, 6.07) is 6.57. The van der Waals surface area contributed by atoms with Gasteiger partial charge in [0.15, 0.2) is 0 Å². The topological polar surface area (TPSA) is 15.3 Å². The zero-order valence-corrected chi connectivity index (χ0v) is 13.8. The zero-order chi connectivity index (χ0) is 13.8. The fraction of sp³-hybridized carbons (Fsp3) is 0.625. The van der Waals surface area contributed by atoms with Crippen LogP contribution in [0.4, 0.5) is 5.69 Å². The van der Waals surface area contributed by atoms with Crippen molar-refractivity contribution in [3.8, 4) is 0 Å². The van der Waals surface area contributed by atoms with Gasteiger partial charge in [-0.15, -0.1) is 0 Å². The first kappa shape index (κ1) is 14.9. The van der Waals surface area contributed by atoms with Crippen molar-refractivity contribution in [3.05, 3.63) is 28.2 Å². The van der Waals surface area contributed by atoms with Crippen LogP contribution in [0, 0.1) is 18.8 Å². The highest BCUT2D eigenvalue weighted by atomic mass is 79.9. The molecule has 1 aromatic rings. The lowest BCUT2D eigenvalue weighted by molar-refractivity contribution is 0.477. The van der Waals surface area contributed by atoms with Gasteiger partial charge in [0.2, 0.25) is 0 Å². The number of rotatable bonds is 5. The number of hydrogen-bond donors (Lipinski definition) is 1. The molecule has 1 heterocycles. The van der Waals surface area contributed by atoms with Crippen LogP contribution in [-0.2, 0) is 0 Å². The van der Waals surface area contributed by atoms with E-state index in [0.717, 1.165) is 24.9 Å². The molecule has 2 nitrogen and oxygen atoms in total. The second-order valence-electron chi connectivity index (χ2n) is 6.08. The van der Waals surface area contributed by atoms with Crippen LogP contribution in [0.15, 0.2) is 22.7 Å². The lowest BCUT2D eigenvalue weighted by Crippen LogP contribution is -2.28.